The van der Waals surface area contributed by atoms with Crippen LogP contribution in [0.25, 0.3) is 0 Å². The molecular weight excluding hydrogens is 266 g/mol. The maximum absolute atomic E-state index is 5.94. The molecule has 1 heterocycles. The molecule has 1 unspecified atom stereocenters. The SMILES string of the molecule is CCCNCc1ccc(COC(C)c2ccccc2)s1. The maximum Gasteiger partial charge on any atom is 0.0817 e. The molecule has 1 N–H and O–H groups in total. The highest BCUT2D eigenvalue weighted by molar-refractivity contribution is 7.11. The molecule has 0 aliphatic heterocycles. The Morgan fingerprint density at radius 2 is 1.85 bits per heavy atom. The van der Waals surface area contributed by atoms with Crippen molar-refractivity contribution >= 4 is 11.3 Å². The van der Waals surface area contributed by atoms with Crippen LogP contribution in [0.5, 0.6) is 0 Å². The van der Waals surface area contributed by atoms with Gasteiger partial charge in [-0.1, -0.05) is 37.3 Å². The van der Waals surface area contributed by atoms with Crippen molar-refractivity contribution in [2.45, 2.75) is 39.5 Å². The fraction of sp³-hybridized carbons (Fsp3) is 0.412. The molecule has 1 aromatic carbocycles. The molecule has 2 rings (SSSR count). The van der Waals surface area contributed by atoms with Crippen molar-refractivity contribution in [2.24, 2.45) is 0 Å². The van der Waals surface area contributed by atoms with E-state index in [1.165, 1.54) is 21.7 Å². The zero-order chi connectivity index (χ0) is 14.2. The Morgan fingerprint density at radius 1 is 1.10 bits per heavy atom. The van der Waals surface area contributed by atoms with Gasteiger partial charge in [0.1, 0.15) is 0 Å². The van der Waals surface area contributed by atoms with Crippen LogP contribution in [0.15, 0.2) is 42.5 Å². The summed E-state index contributed by atoms with van der Waals surface area (Å²) in [5.74, 6) is 0. The molecule has 0 fully saturated rings. The topological polar surface area (TPSA) is 21.3 Å². The smallest absolute Gasteiger partial charge is 0.0817 e. The fourth-order valence-electron chi connectivity index (χ4n) is 2.01. The number of nitrogens with one attached hydrogen (secondary N) is 1. The maximum atomic E-state index is 5.94. The van der Waals surface area contributed by atoms with Gasteiger partial charge in [-0.2, -0.15) is 0 Å². The van der Waals surface area contributed by atoms with Crippen LogP contribution in [0.2, 0.25) is 0 Å². The van der Waals surface area contributed by atoms with Crippen LogP contribution < -0.4 is 5.32 Å². The van der Waals surface area contributed by atoms with Gasteiger partial charge in [-0.3, -0.25) is 0 Å². The number of benzene rings is 1. The molecule has 1 aromatic heterocycles. The highest BCUT2D eigenvalue weighted by atomic mass is 32.1. The third-order valence-electron chi connectivity index (χ3n) is 3.19. The van der Waals surface area contributed by atoms with Crippen LogP contribution in [0, 0.1) is 0 Å². The first kappa shape index (κ1) is 15.2. The van der Waals surface area contributed by atoms with Crippen molar-refractivity contribution in [2.75, 3.05) is 6.54 Å². The van der Waals surface area contributed by atoms with E-state index in [-0.39, 0.29) is 6.10 Å². The van der Waals surface area contributed by atoms with E-state index < -0.39 is 0 Å². The lowest BCUT2D eigenvalue weighted by atomic mass is 10.1. The third kappa shape index (κ3) is 4.75. The molecule has 20 heavy (non-hydrogen) atoms. The van der Waals surface area contributed by atoms with E-state index >= 15 is 0 Å². The summed E-state index contributed by atoms with van der Waals surface area (Å²) in [6.07, 6.45) is 1.32. The molecule has 0 amide bonds. The zero-order valence-corrected chi connectivity index (χ0v) is 13.1. The Hall–Kier alpha value is -1.16. The van der Waals surface area contributed by atoms with E-state index in [1.807, 2.05) is 17.4 Å². The number of ether oxygens (including phenoxy) is 1. The molecule has 108 valence electrons. The Labute approximate surface area is 125 Å². The first-order chi connectivity index (χ1) is 9.79. The summed E-state index contributed by atoms with van der Waals surface area (Å²) in [5, 5.41) is 3.43. The number of thiophene rings is 1. The molecular formula is C17H23NOS. The molecule has 2 nitrogen and oxygen atoms in total. The second-order valence-corrected chi connectivity index (χ2v) is 6.16. The Balaban J connectivity index is 1.79. The summed E-state index contributed by atoms with van der Waals surface area (Å²) in [6.45, 7) is 7.02. The normalized spacial score (nSPS) is 12.5. The summed E-state index contributed by atoms with van der Waals surface area (Å²) in [7, 11) is 0. The van der Waals surface area contributed by atoms with Crippen LogP contribution in [0.4, 0.5) is 0 Å². The standard InChI is InChI=1S/C17H23NOS/c1-3-11-18-12-16-9-10-17(20-16)13-19-14(2)15-7-5-4-6-8-15/h4-10,14,18H,3,11-13H2,1-2H3. The minimum absolute atomic E-state index is 0.139. The van der Waals surface area contributed by atoms with Crippen molar-refractivity contribution in [3.05, 3.63) is 57.8 Å². The van der Waals surface area contributed by atoms with Gasteiger partial charge in [0.25, 0.3) is 0 Å². The molecule has 2 aromatic rings. The predicted octanol–water partition coefficient (Wildman–Crippen LogP) is 4.53. The Bertz CT molecular complexity index is 495. The summed E-state index contributed by atoms with van der Waals surface area (Å²) < 4.78 is 5.94. The van der Waals surface area contributed by atoms with Crippen molar-refractivity contribution in [1.29, 1.82) is 0 Å². The van der Waals surface area contributed by atoms with E-state index in [1.54, 1.807) is 0 Å². The van der Waals surface area contributed by atoms with Gasteiger partial charge in [-0.25, -0.2) is 0 Å². The highest BCUT2D eigenvalue weighted by Gasteiger charge is 2.06. The lowest BCUT2D eigenvalue weighted by Gasteiger charge is -2.12. The average Bonchev–Trinajstić information content (AvgIpc) is 2.94. The quantitative estimate of drug-likeness (QED) is 0.721. The first-order valence-corrected chi connectivity index (χ1v) is 8.06. The largest absolute Gasteiger partial charge is 0.368 e. The minimum atomic E-state index is 0.139. The van der Waals surface area contributed by atoms with Crippen molar-refractivity contribution in [3.8, 4) is 0 Å². The van der Waals surface area contributed by atoms with Gasteiger partial charge in [0.2, 0.25) is 0 Å². The Morgan fingerprint density at radius 3 is 2.60 bits per heavy atom. The molecule has 3 heteroatoms. The monoisotopic (exact) mass is 289 g/mol. The van der Waals surface area contributed by atoms with Crippen LogP contribution in [-0.4, -0.2) is 6.54 Å². The molecule has 0 spiro atoms. The number of hydrogen-bond acceptors (Lipinski definition) is 3. The Kier molecular flexibility index (Phi) is 6.25. The minimum Gasteiger partial charge on any atom is -0.368 e. The van der Waals surface area contributed by atoms with Crippen LogP contribution in [0.1, 0.15) is 41.7 Å². The van der Waals surface area contributed by atoms with Gasteiger partial charge in [-0.05, 0) is 37.6 Å². The van der Waals surface area contributed by atoms with E-state index in [0.717, 1.165) is 13.1 Å². The van der Waals surface area contributed by atoms with Gasteiger partial charge in [-0.15, -0.1) is 11.3 Å². The third-order valence-corrected chi connectivity index (χ3v) is 4.25. The van der Waals surface area contributed by atoms with Gasteiger partial charge >= 0.3 is 0 Å². The van der Waals surface area contributed by atoms with Gasteiger partial charge in [0.15, 0.2) is 0 Å². The second kappa shape index (κ2) is 8.20. The van der Waals surface area contributed by atoms with E-state index in [9.17, 15) is 0 Å². The summed E-state index contributed by atoms with van der Waals surface area (Å²) in [6, 6.07) is 14.7. The number of hydrogen-bond donors (Lipinski definition) is 1. The van der Waals surface area contributed by atoms with Crippen molar-refractivity contribution < 1.29 is 4.74 Å². The number of rotatable bonds is 8. The van der Waals surface area contributed by atoms with Gasteiger partial charge in [0, 0.05) is 16.3 Å². The van der Waals surface area contributed by atoms with Gasteiger partial charge in [0.05, 0.1) is 12.7 Å². The van der Waals surface area contributed by atoms with E-state index in [2.05, 4.69) is 55.6 Å². The highest BCUT2D eigenvalue weighted by Crippen LogP contribution is 2.22. The lowest BCUT2D eigenvalue weighted by molar-refractivity contribution is 0.0542. The predicted molar refractivity (Wildman–Crippen MR) is 86.0 cm³/mol. The molecule has 0 aliphatic rings. The van der Waals surface area contributed by atoms with E-state index in [4.69, 9.17) is 4.74 Å². The summed E-state index contributed by atoms with van der Waals surface area (Å²) in [5.41, 5.74) is 1.23. The first-order valence-electron chi connectivity index (χ1n) is 7.24. The van der Waals surface area contributed by atoms with Crippen molar-refractivity contribution in [3.63, 3.8) is 0 Å². The zero-order valence-electron chi connectivity index (χ0n) is 12.3. The second-order valence-electron chi connectivity index (χ2n) is 4.91. The average molecular weight is 289 g/mol. The van der Waals surface area contributed by atoms with Crippen LogP contribution in [0.3, 0.4) is 0 Å². The summed E-state index contributed by atoms with van der Waals surface area (Å²) in [4.78, 5) is 2.67. The molecule has 0 saturated heterocycles. The van der Waals surface area contributed by atoms with Crippen LogP contribution >= 0.6 is 11.3 Å². The molecule has 0 bridgehead atoms. The molecule has 0 saturated carbocycles. The van der Waals surface area contributed by atoms with Gasteiger partial charge < -0.3 is 10.1 Å². The van der Waals surface area contributed by atoms with E-state index in [0.29, 0.717) is 6.61 Å². The molecule has 0 radical (unpaired) electrons. The fourth-order valence-corrected chi connectivity index (χ4v) is 2.92. The van der Waals surface area contributed by atoms with Crippen molar-refractivity contribution in [1.82, 2.24) is 5.32 Å². The van der Waals surface area contributed by atoms with Crippen LogP contribution in [-0.2, 0) is 17.9 Å². The lowest BCUT2D eigenvalue weighted by Crippen LogP contribution is -2.12. The molecule has 0 aliphatic carbocycles. The molecule has 1 atom stereocenters. The summed E-state index contributed by atoms with van der Waals surface area (Å²) >= 11 is 1.83.